The Hall–Kier alpha value is -5.09. The van der Waals surface area contributed by atoms with Gasteiger partial charge >= 0.3 is 0 Å². The molecule has 1 aromatic carbocycles. The van der Waals surface area contributed by atoms with E-state index >= 15 is 0 Å². The second-order valence-electron chi connectivity index (χ2n) is 10.9. The smallest absolute Gasteiger partial charge is 0.167 e. The standard InChI is InChI=1S/C23H19N7.C10H15N3/c24-21-18(6-2-11-25-21)22-27-19-9-10-20(29-13-3-12-26-29)28-23(19)30(22)17-8-7-15-4-1-5-16(15)14-17;1-11-9-4-6-13(8-9)10-3-2-5-12-7-10/h2-3,6-14H,1,4-5H2,(H2,24,25);2-3,5,7,9,11H,4,6,8H2,1H3. The quantitative estimate of drug-likeness (QED) is 0.309. The number of rotatable bonds is 5. The molecule has 10 nitrogen and oxygen atoms in total. The van der Waals surface area contributed by atoms with Crippen LogP contribution in [-0.2, 0) is 12.8 Å². The summed E-state index contributed by atoms with van der Waals surface area (Å²) in [6.45, 7) is 2.24. The van der Waals surface area contributed by atoms with E-state index in [9.17, 15) is 0 Å². The molecule has 0 bridgehead atoms. The Kier molecular flexibility index (Phi) is 7.26. The lowest BCUT2D eigenvalue weighted by atomic mass is 10.1. The fourth-order valence-corrected chi connectivity index (χ4v) is 5.98. The molecule has 10 heteroatoms. The molecule has 8 rings (SSSR count). The van der Waals surface area contributed by atoms with E-state index in [4.69, 9.17) is 15.7 Å². The van der Waals surface area contributed by atoms with Gasteiger partial charge in [-0.25, -0.2) is 19.6 Å². The number of imidazole rings is 1. The Labute approximate surface area is 250 Å². The largest absolute Gasteiger partial charge is 0.383 e. The molecule has 1 aliphatic carbocycles. The minimum atomic E-state index is 0.447. The minimum Gasteiger partial charge on any atom is -0.383 e. The topological polar surface area (TPSA) is 116 Å². The number of pyridine rings is 3. The number of fused-ring (bicyclic) bond motifs is 2. The van der Waals surface area contributed by atoms with Crippen molar-refractivity contribution < 1.29 is 0 Å². The van der Waals surface area contributed by atoms with Crippen molar-refractivity contribution in [2.45, 2.75) is 31.7 Å². The van der Waals surface area contributed by atoms with Crippen molar-refractivity contribution >= 4 is 22.7 Å². The van der Waals surface area contributed by atoms with Gasteiger partial charge in [0.1, 0.15) is 11.3 Å². The van der Waals surface area contributed by atoms with E-state index < -0.39 is 0 Å². The van der Waals surface area contributed by atoms with Crippen molar-refractivity contribution in [3.63, 3.8) is 0 Å². The molecule has 6 aromatic rings. The number of hydrogen-bond acceptors (Lipinski definition) is 8. The van der Waals surface area contributed by atoms with E-state index in [1.54, 1.807) is 17.1 Å². The normalized spacial score (nSPS) is 15.8. The molecule has 0 spiro atoms. The van der Waals surface area contributed by atoms with Gasteiger partial charge < -0.3 is 16.0 Å². The first-order chi connectivity index (χ1) is 21.2. The SMILES string of the molecule is CNC1CCN(c2cccnc2)C1.Nc1ncccc1-c1nc2ccc(-n3cccn3)nc2n1-c1ccc2c(c1)CCC2. The predicted molar refractivity (Wildman–Crippen MR) is 170 cm³/mol. The number of likely N-dealkylation sites (N-methyl/N-ethyl adjacent to an activating group) is 1. The Morgan fingerprint density at radius 2 is 1.81 bits per heavy atom. The van der Waals surface area contributed by atoms with Crippen molar-refractivity contribution in [1.29, 1.82) is 0 Å². The average molecular weight is 571 g/mol. The van der Waals surface area contributed by atoms with Gasteiger partial charge in [-0.05, 0) is 98.5 Å². The number of nitrogens with two attached hydrogens (primary N) is 1. The first-order valence-corrected chi connectivity index (χ1v) is 14.7. The van der Waals surface area contributed by atoms with Gasteiger partial charge in [-0.2, -0.15) is 5.10 Å². The Bertz CT molecular complexity index is 1850. The summed E-state index contributed by atoms with van der Waals surface area (Å²) in [5, 5.41) is 7.62. The highest BCUT2D eigenvalue weighted by Gasteiger charge is 2.22. The minimum absolute atomic E-state index is 0.447. The highest BCUT2D eigenvalue weighted by molar-refractivity contribution is 5.83. The molecular weight excluding hydrogens is 536 g/mol. The van der Waals surface area contributed by atoms with E-state index in [-0.39, 0.29) is 0 Å². The zero-order valence-electron chi connectivity index (χ0n) is 24.1. The Morgan fingerprint density at radius 3 is 2.60 bits per heavy atom. The number of nitrogens with one attached hydrogen (secondary N) is 1. The van der Waals surface area contributed by atoms with Crippen molar-refractivity contribution in [2.24, 2.45) is 0 Å². The fraction of sp³-hybridized carbons (Fsp3) is 0.242. The van der Waals surface area contributed by atoms with Gasteiger partial charge in [0.2, 0.25) is 0 Å². The first-order valence-electron chi connectivity index (χ1n) is 14.7. The summed E-state index contributed by atoms with van der Waals surface area (Å²) in [7, 11) is 2.03. The Morgan fingerprint density at radius 1 is 0.907 bits per heavy atom. The molecule has 1 aliphatic heterocycles. The average Bonchev–Trinajstić information content (AvgIpc) is 3.88. The van der Waals surface area contributed by atoms with Crippen LogP contribution in [0, 0.1) is 0 Å². The fourth-order valence-electron chi connectivity index (χ4n) is 5.98. The molecule has 3 N–H and O–H groups in total. The van der Waals surface area contributed by atoms with Crippen LogP contribution in [-0.4, -0.2) is 60.5 Å². The molecule has 6 heterocycles. The van der Waals surface area contributed by atoms with Crippen LogP contribution in [0.1, 0.15) is 24.0 Å². The summed E-state index contributed by atoms with van der Waals surface area (Å²) >= 11 is 0. The summed E-state index contributed by atoms with van der Waals surface area (Å²) in [4.78, 5) is 20.5. The second kappa shape index (κ2) is 11.7. The number of benzene rings is 1. The third-order valence-corrected chi connectivity index (χ3v) is 8.26. The van der Waals surface area contributed by atoms with Crippen LogP contribution in [0.3, 0.4) is 0 Å². The van der Waals surface area contributed by atoms with Gasteiger partial charge in [0.25, 0.3) is 0 Å². The van der Waals surface area contributed by atoms with Crippen LogP contribution in [0.5, 0.6) is 0 Å². The molecule has 1 fully saturated rings. The number of aryl methyl sites for hydroxylation is 2. The predicted octanol–water partition coefficient (Wildman–Crippen LogP) is 4.62. The number of nitrogen functional groups attached to an aromatic ring is 1. The first kappa shape index (κ1) is 26.8. The summed E-state index contributed by atoms with van der Waals surface area (Å²) in [6, 6.07) is 21.0. The van der Waals surface area contributed by atoms with E-state index in [1.165, 1.54) is 29.7 Å². The van der Waals surface area contributed by atoms with E-state index in [0.717, 1.165) is 60.0 Å². The number of aromatic nitrogens is 7. The zero-order valence-corrected chi connectivity index (χ0v) is 24.1. The van der Waals surface area contributed by atoms with Crippen molar-refractivity contribution in [3.8, 4) is 22.9 Å². The molecule has 216 valence electrons. The van der Waals surface area contributed by atoms with Crippen LogP contribution in [0.4, 0.5) is 11.5 Å². The van der Waals surface area contributed by atoms with Crippen molar-refractivity contribution in [1.82, 2.24) is 39.6 Å². The zero-order chi connectivity index (χ0) is 29.2. The van der Waals surface area contributed by atoms with E-state index in [0.29, 0.717) is 11.9 Å². The molecule has 1 unspecified atom stereocenters. The van der Waals surface area contributed by atoms with Crippen LogP contribution in [0.2, 0.25) is 0 Å². The summed E-state index contributed by atoms with van der Waals surface area (Å²) < 4.78 is 3.83. The molecule has 2 aliphatic rings. The van der Waals surface area contributed by atoms with Gasteiger partial charge in [-0.3, -0.25) is 9.55 Å². The molecule has 5 aromatic heterocycles. The molecule has 0 saturated carbocycles. The molecular formula is C33H34N10. The number of nitrogens with zero attached hydrogens (tertiary/aromatic N) is 8. The van der Waals surface area contributed by atoms with Gasteiger partial charge in [0.05, 0.1) is 17.4 Å². The summed E-state index contributed by atoms with van der Waals surface area (Å²) in [5.41, 5.74) is 13.7. The maximum atomic E-state index is 6.22. The number of hydrogen-bond donors (Lipinski definition) is 2. The maximum absolute atomic E-state index is 6.22. The second-order valence-corrected chi connectivity index (χ2v) is 10.9. The third kappa shape index (κ3) is 5.32. The van der Waals surface area contributed by atoms with Gasteiger partial charge in [-0.15, -0.1) is 0 Å². The molecule has 0 amide bonds. The molecule has 43 heavy (non-hydrogen) atoms. The van der Waals surface area contributed by atoms with Crippen LogP contribution in [0.15, 0.2) is 91.6 Å². The lowest BCUT2D eigenvalue weighted by molar-refractivity contribution is 0.617. The van der Waals surface area contributed by atoms with Crippen LogP contribution in [0.25, 0.3) is 34.1 Å². The maximum Gasteiger partial charge on any atom is 0.167 e. The lowest BCUT2D eigenvalue weighted by Crippen LogP contribution is -2.29. The van der Waals surface area contributed by atoms with Crippen molar-refractivity contribution in [2.75, 3.05) is 30.8 Å². The molecule has 0 radical (unpaired) electrons. The third-order valence-electron chi connectivity index (χ3n) is 8.26. The van der Waals surface area contributed by atoms with Crippen molar-refractivity contribution in [3.05, 3.63) is 103 Å². The highest BCUT2D eigenvalue weighted by atomic mass is 15.3. The van der Waals surface area contributed by atoms with Gasteiger partial charge in [0, 0.05) is 49.6 Å². The summed E-state index contributed by atoms with van der Waals surface area (Å²) in [5.74, 6) is 1.92. The van der Waals surface area contributed by atoms with Crippen LogP contribution < -0.4 is 16.0 Å². The van der Waals surface area contributed by atoms with E-state index in [2.05, 4.69) is 54.1 Å². The highest BCUT2D eigenvalue weighted by Crippen LogP contribution is 2.32. The monoisotopic (exact) mass is 570 g/mol. The van der Waals surface area contributed by atoms with E-state index in [1.807, 2.05) is 62.0 Å². The summed E-state index contributed by atoms with van der Waals surface area (Å²) in [6.07, 6.45) is 13.7. The lowest BCUT2D eigenvalue weighted by Gasteiger charge is -2.17. The number of anilines is 2. The molecule has 1 saturated heterocycles. The van der Waals surface area contributed by atoms with Gasteiger partial charge in [-0.1, -0.05) is 6.07 Å². The van der Waals surface area contributed by atoms with Gasteiger partial charge in [0.15, 0.2) is 17.3 Å². The van der Waals surface area contributed by atoms with Crippen LogP contribution >= 0.6 is 0 Å². The Balaban J connectivity index is 0.000000193. The molecule has 1 atom stereocenters.